The van der Waals surface area contributed by atoms with Gasteiger partial charge in [0, 0.05) is 25.9 Å². The number of halogens is 1. The topological polar surface area (TPSA) is 97.2 Å². The summed E-state index contributed by atoms with van der Waals surface area (Å²) >= 11 is 1.45. The second kappa shape index (κ2) is 8.54. The lowest BCUT2D eigenvalue weighted by Crippen LogP contribution is -2.33. The third kappa shape index (κ3) is 4.13. The summed E-state index contributed by atoms with van der Waals surface area (Å²) in [5.74, 6) is -0.721. The molecule has 1 N–H and O–H groups in total. The van der Waals surface area contributed by atoms with Gasteiger partial charge in [-0.05, 0) is 42.1 Å². The standard InChI is InChI=1S/C20H18FN5O3S/c21-13-4-6-14(7-5-13)26-19(15-3-1-12-30-15)23-18(24-26)20(29)22-10-2-11-25-16(27)8-9-17(25)28/h1,3-7,12H,2,8-11H2,(H,22,29). The van der Waals surface area contributed by atoms with E-state index in [4.69, 9.17) is 0 Å². The Morgan fingerprint density at radius 3 is 2.53 bits per heavy atom. The Morgan fingerprint density at radius 1 is 1.13 bits per heavy atom. The van der Waals surface area contributed by atoms with E-state index in [0.717, 1.165) is 4.88 Å². The van der Waals surface area contributed by atoms with E-state index >= 15 is 0 Å². The molecule has 3 heterocycles. The number of carbonyl (C=O) groups excluding carboxylic acids is 3. The van der Waals surface area contributed by atoms with Crippen molar-refractivity contribution in [1.29, 1.82) is 0 Å². The lowest BCUT2D eigenvalue weighted by Gasteiger charge is -2.13. The van der Waals surface area contributed by atoms with Gasteiger partial charge < -0.3 is 5.32 Å². The highest BCUT2D eigenvalue weighted by Gasteiger charge is 2.28. The minimum absolute atomic E-state index is 0.0175. The molecular weight excluding hydrogens is 409 g/mol. The predicted molar refractivity (Wildman–Crippen MR) is 108 cm³/mol. The van der Waals surface area contributed by atoms with E-state index < -0.39 is 5.91 Å². The minimum Gasteiger partial charge on any atom is -0.349 e. The van der Waals surface area contributed by atoms with Crippen LogP contribution in [0.15, 0.2) is 41.8 Å². The fourth-order valence-electron chi connectivity index (χ4n) is 3.13. The first kappa shape index (κ1) is 19.9. The van der Waals surface area contributed by atoms with Gasteiger partial charge in [-0.25, -0.2) is 14.1 Å². The number of rotatable bonds is 7. The molecule has 0 unspecified atom stereocenters. The molecule has 0 spiro atoms. The molecule has 0 radical (unpaired) electrons. The first-order valence-electron chi connectivity index (χ1n) is 9.41. The summed E-state index contributed by atoms with van der Waals surface area (Å²) in [7, 11) is 0. The van der Waals surface area contributed by atoms with Crippen molar-refractivity contribution in [2.45, 2.75) is 19.3 Å². The third-order valence-corrected chi connectivity index (χ3v) is 5.49. The van der Waals surface area contributed by atoms with Gasteiger partial charge in [0.05, 0.1) is 10.6 Å². The molecule has 3 aromatic rings. The molecule has 1 aromatic carbocycles. The molecule has 1 aliphatic rings. The number of likely N-dealkylation sites (tertiary alicyclic amines) is 1. The summed E-state index contributed by atoms with van der Waals surface area (Å²) in [5, 5.41) is 8.91. The number of amides is 3. The van der Waals surface area contributed by atoms with Crippen LogP contribution in [0.1, 0.15) is 29.9 Å². The summed E-state index contributed by atoms with van der Waals surface area (Å²) in [6, 6.07) is 9.48. The lowest BCUT2D eigenvalue weighted by molar-refractivity contribution is -0.138. The fraction of sp³-hybridized carbons (Fsp3) is 0.250. The molecule has 0 aliphatic carbocycles. The Balaban J connectivity index is 1.46. The van der Waals surface area contributed by atoms with Crippen LogP contribution >= 0.6 is 11.3 Å². The maximum absolute atomic E-state index is 13.3. The van der Waals surface area contributed by atoms with Crippen LogP contribution in [0.4, 0.5) is 4.39 Å². The minimum atomic E-state index is -0.465. The second-order valence-electron chi connectivity index (χ2n) is 6.67. The van der Waals surface area contributed by atoms with Crippen molar-refractivity contribution in [3.63, 3.8) is 0 Å². The van der Waals surface area contributed by atoms with Crippen molar-refractivity contribution < 1.29 is 18.8 Å². The van der Waals surface area contributed by atoms with Crippen molar-refractivity contribution in [1.82, 2.24) is 25.0 Å². The fourth-order valence-corrected chi connectivity index (χ4v) is 3.82. The quantitative estimate of drug-likeness (QED) is 0.461. The van der Waals surface area contributed by atoms with E-state index in [1.165, 1.54) is 33.1 Å². The van der Waals surface area contributed by atoms with Crippen LogP contribution < -0.4 is 5.32 Å². The van der Waals surface area contributed by atoms with Crippen LogP contribution in [-0.2, 0) is 9.59 Å². The maximum Gasteiger partial charge on any atom is 0.290 e. The monoisotopic (exact) mass is 427 g/mol. The number of carbonyl (C=O) groups is 3. The first-order chi connectivity index (χ1) is 14.5. The van der Waals surface area contributed by atoms with E-state index in [1.54, 1.807) is 12.1 Å². The van der Waals surface area contributed by atoms with E-state index in [9.17, 15) is 18.8 Å². The molecule has 2 aromatic heterocycles. The zero-order chi connectivity index (χ0) is 21.1. The third-order valence-electron chi connectivity index (χ3n) is 4.62. The maximum atomic E-state index is 13.3. The summed E-state index contributed by atoms with van der Waals surface area (Å²) in [6.45, 7) is 0.547. The summed E-state index contributed by atoms with van der Waals surface area (Å²) in [5.41, 5.74) is 0.581. The van der Waals surface area contributed by atoms with Gasteiger partial charge in [-0.15, -0.1) is 16.4 Å². The molecular formula is C20H18FN5O3S. The lowest BCUT2D eigenvalue weighted by atomic mass is 10.3. The van der Waals surface area contributed by atoms with Gasteiger partial charge in [0.2, 0.25) is 17.6 Å². The summed E-state index contributed by atoms with van der Waals surface area (Å²) < 4.78 is 14.8. The van der Waals surface area contributed by atoms with Crippen molar-refractivity contribution in [3.8, 4) is 16.4 Å². The van der Waals surface area contributed by atoms with Gasteiger partial charge in [0.1, 0.15) is 5.82 Å². The Hall–Kier alpha value is -3.40. The zero-order valence-corrected chi connectivity index (χ0v) is 16.7. The molecule has 8 nitrogen and oxygen atoms in total. The van der Waals surface area contributed by atoms with Crippen LogP contribution in [0.3, 0.4) is 0 Å². The number of benzene rings is 1. The SMILES string of the molecule is O=C(NCCCN1C(=O)CCC1=O)c1nc(-c2cccs2)n(-c2ccc(F)cc2)n1. The number of nitrogens with zero attached hydrogens (tertiary/aromatic N) is 4. The smallest absolute Gasteiger partial charge is 0.290 e. The Labute approximate surface area is 175 Å². The highest BCUT2D eigenvalue weighted by Crippen LogP contribution is 2.25. The van der Waals surface area contributed by atoms with Gasteiger partial charge in [-0.1, -0.05) is 6.07 Å². The molecule has 3 amide bonds. The van der Waals surface area contributed by atoms with Crippen molar-refractivity contribution in [3.05, 3.63) is 53.4 Å². The number of aromatic nitrogens is 3. The average molecular weight is 427 g/mol. The van der Waals surface area contributed by atoms with E-state index in [-0.39, 0.29) is 49.4 Å². The van der Waals surface area contributed by atoms with Gasteiger partial charge in [0.15, 0.2) is 5.82 Å². The van der Waals surface area contributed by atoms with Gasteiger partial charge >= 0.3 is 0 Å². The van der Waals surface area contributed by atoms with Gasteiger partial charge in [0.25, 0.3) is 5.91 Å². The number of nitrogens with one attached hydrogen (secondary N) is 1. The zero-order valence-electron chi connectivity index (χ0n) is 15.9. The van der Waals surface area contributed by atoms with Gasteiger partial charge in [-0.3, -0.25) is 19.3 Å². The van der Waals surface area contributed by atoms with E-state index in [2.05, 4.69) is 15.4 Å². The molecule has 30 heavy (non-hydrogen) atoms. The van der Waals surface area contributed by atoms with E-state index in [1.807, 2.05) is 17.5 Å². The normalized spacial score (nSPS) is 13.8. The predicted octanol–water partition coefficient (Wildman–Crippen LogP) is 2.40. The molecule has 0 saturated carbocycles. The van der Waals surface area contributed by atoms with Crippen LogP contribution in [0.25, 0.3) is 16.4 Å². The number of thiophene rings is 1. The van der Waals surface area contributed by atoms with Crippen LogP contribution in [0, 0.1) is 5.82 Å². The Kier molecular flexibility index (Phi) is 5.66. The van der Waals surface area contributed by atoms with Crippen molar-refractivity contribution in [2.75, 3.05) is 13.1 Å². The van der Waals surface area contributed by atoms with E-state index in [0.29, 0.717) is 17.9 Å². The van der Waals surface area contributed by atoms with Gasteiger partial charge in [-0.2, -0.15) is 0 Å². The van der Waals surface area contributed by atoms with Crippen LogP contribution in [0.2, 0.25) is 0 Å². The number of hydrogen-bond donors (Lipinski definition) is 1. The Bertz CT molecular complexity index is 1060. The molecule has 10 heteroatoms. The highest BCUT2D eigenvalue weighted by atomic mass is 32.1. The second-order valence-corrected chi connectivity index (χ2v) is 7.62. The Morgan fingerprint density at radius 2 is 1.87 bits per heavy atom. The molecule has 0 bridgehead atoms. The molecule has 1 saturated heterocycles. The number of imide groups is 1. The first-order valence-corrected chi connectivity index (χ1v) is 10.3. The highest BCUT2D eigenvalue weighted by molar-refractivity contribution is 7.13. The molecule has 1 fully saturated rings. The van der Waals surface area contributed by atoms with Crippen molar-refractivity contribution >= 4 is 29.1 Å². The average Bonchev–Trinajstić information content (AvgIpc) is 3.47. The van der Waals surface area contributed by atoms with Crippen LogP contribution in [0.5, 0.6) is 0 Å². The molecule has 0 atom stereocenters. The molecule has 1 aliphatic heterocycles. The number of hydrogen-bond acceptors (Lipinski definition) is 6. The molecule has 154 valence electrons. The largest absolute Gasteiger partial charge is 0.349 e. The van der Waals surface area contributed by atoms with Crippen LogP contribution in [-0.4, -0.2) is 50.5 Å². The molecule has 4 rings (SSSR count). The summed E-state index contributed by atoms with van der Waals surface area (Å²) in [4.78, 5) is 42.2. The summed E-state index contributed by atoms with van der Waals surface area (Å²) in [6.07, 6.45) is 0.947. The van der Waals surface area contributed by atoms with Crippen molar-refractivity contribution in [2.24, 2.45) is 0 Å².